The fraction of sp³-hybridized carbons (Fsp3) is 0.875. The molecule has 0 aromatic heterocycles. The van der Waals surface area contributed by atoms with E-state index in [0.29, 0.717) is 19.6 Å². The first-order valence-corrected chi connectivity index (χ1v) is 5.80. The Morgan fingerprint density at radius 3 is 2.57 bits per heavy atom. The van der Waals surface area contributed by atoms with Crippen molar-refractivity contribution in [3.8, 4) is 6.07 Å². The summed E-state index contributed by atoms with van der Waals surface area (Å²) >= 11 is 0. The van der Waals surface area contributed by atoms with Crippen LogP contribution in [0.25, 0.3) is 0 Å². The van der Waals surface area contributed by atoms with E-state index in [9.17, 15) is 8.42 Å². The zero-order valence-corrected chi connectivity index (χ0v) is 9.54. The van der Waals surface area contributed by atoms with Crippen LogP contribution in [-0.2, 0) is 14.8 Å². The molecular formula is C8H16N2O3S. The van der Waals surface area contributed by atoms with Gasteiger partial charge in [-0.1, -0.05) is 0 Å². The molecule has 0 heterocycles. The highest BCUT2D eigenvalue weighted by Gasteiger charge is 2.24. The smallest absolute Gasteiger partial charge is 0.229 e. The number of sulfonamides is 1. The maximum absolute atomic E-state index is 11.5. The second-order valence-electron chi connectivity index (χ2n) is 2.98. The van der Waals surface area contributed by atoms with Crippen LogP contribution in [0, 0.1) is 11.3 Å². The summed E-state index contributed by atoms with van der Waals surface area (Å²) < 4.78 is 29.0. The van der Waals surface area contributed by atoms with Crippen molar-refractivity contribution in [2.75, 3.05) is 27.3 Å². The van der Waals surface area contributed by atoms with Crippen LogP contribution in [0.4, 0.5) is 0 Å². The summed E-state index contributed by atoms with van der Waals surface area (Å²) in [5.41, 5.74) is 0. The molecule has 0 aromatic rings. The summed E-state index contributed by atoms with van der Waals surface area (Å²) in [6.07, 6.45) is 0.629. The van der Waals surface area contributed by atoms with Gasteiger partial charge < -0.3 is 4.74 Å². The fourth-order valence-corrected chi connectivity index (χ4v) is 1.95. The summed E-state index contributed by atoms with van der Waals surface area (Å²) in [6, 6.07) is 1.72. The third kappa shape index (κ3) is 3.62. The first kappa shape index (κ1) is 13.4. The maximum Gasteiger partial charge on any atom is 0.229 e. The van der Waals surface area contributed by atoms with E-state index in [1.807, 2.05) is 0 Å². The van der Waals surface area contributed by atoms with Gasteiger partial charge in [0.05, 0.1) is 6.07 Å². The number of hydrogen-bond acceptors (Lipinski definition) is 4. The minimum absolute atomic E-state index is 0.377. The van der Waals surface area contributed by atoms with Gasteiger partial charge in [-0.3, -0.25) is 0 Å². The Bertz CT molecular complexity index is 294. The van der Waals surface area contributed by atoms with Gasteiger partial charge in [-0.25, -0.2) is 12.7 Å². The van der Waals surface area contributed by atoms with E-state index >= 15 is 0 Å². The molecule has 0 aromatic carbocycles. The summed E-state index contributed by atoms with van der Waals surface area (Å²) in [7, 11) is -0.420. The fourth-order valence-electron chi connectivity index (χ4n) is 0.895. The van der Waals surface area contributed by atoms with Crippen LogP contribution in [-0.4, -0.2) is 45.3 Å². The molecule has 14 heavy (non-hydrogen) atoms. The molecule has 0 saturated heterocycles. The number of ether oxygens (including phenoxy) is 1. The van der Waals surface area contributed by atoms with Gasteiger partial charge >= 0.3 is 0 Å². The van der Waals surface area contributed by atoms with Crippen LogP contribution >= 0.6 is 0 Å². The molecule has 0 spiro atoms. The van der Waals surface area contributed by atoms with Crippen LogP contribution < -0.4 is 0 Å². The van der Waals surface area contributed by atoms with E-state index in [1.54, 1.807) is 13.2 Å². The zero-order valence-electron chi connectivity index (χ0n) is 8.73. The molecule has 0 radical (unpaired) electrons. The number of nitriles is 1. The van der Waals surface area contributed by atoms with E-state index in [1.165, 1.54) is 18.3 Å². The minimum atomic E-state index is -3.45. The van der Waals surface area contributed by atoms with E-state index in [0.717, 1.165) is 0 Å². The Labute approximate surface area is 85.3 Å². The van der Waals surface area contributed by atoms with Crippen LogP contribution in [0.5, 0.6) is 0 Å². The number of hydrogen-bond donors (Lipinski definition) is 0. The first-order valence-electron chi connectivity index (χ1n) is 4.30. The molecular weight excluding hydrogens is 204 g/mol. The molecule has 0 fully saturated rings. The lowest BCUT2D eigenvalue weighted by Crippen LogP contribution is -2.34. The van der Waals surface area contributed by atoms with E-state index < -0.39 is 15.3 Å². The average molecular weight is 220 g/mol. The molecule has 1 unspecified atom stereocenters. The second kappa shape index (κ2) is 5.96. The summed E-state index contributed by atoms with van der Waals surface area (Å²) in [6.45, 7) is 2.27. The van der Waals surface area contributed by atoms with Crippen molar-refractivity contribution < 1.29 is 13.2 Å². The highest BCUT2D eigenvalue weighted by Crippen LogP contribution is 2.06. The lowest BCUT2D eigenvalue weighted by Gasteiger charge is -2.17. The molecule has 0 N–H and O–H groups in total. The molecule has 0 aliphatic rings. The third-order valence-electron chi connectivity index (χ3n) is 1.88. The molecule has 0 amide bonds. The summed E-state index contributed by atoms with van der Waals surface area (Å²) in [5.74, 6) is 0. The Morgan fingerprint density at radius 1 is 1.57 bits per heavy atom. The van der Waals surface area contributed by atoms with Crippen molar-refractivity contribution in [3.05, 3.63) is 0 Å². The standard InChI is InChI=1S/C8H16N2O3S/c1-8(7-9)14(11,12)10(2)5-4-6-13-3/h8H,4-6H2,1-3H3. The largest absolute Gasteiger partial charge is 0.385 e. The van der Waals surface area contributed by atoms with Gasteiger partial charge in [-0.05, 0) is 13.3 Å². The molecule has 5 nitrogen and oxygen atoms in total. The quantitative estimate of drug-likeness (QED) is 0.599. The number of nitrogens with zero attached hydrogens (tertiary/aromatic N) is 2. The van der Waals surface area contributed by atoms with Crippen molar-refractivity contribution in [2.45, 2.75) is 18.6 Å². The van der Waals surface area contributed by atoms with Gasteiger partial charge in [-0.2, -0.15) is 5.26 Å². The van der Waals surface area contributed by atoms with Crippen LogP contribution in [0.3, 0.4) is 0 Å². The van der Waals surface area contributed by atoms with Crippen molar-refractivity contribution in [1.29, 1.82) is 5.26 Å². The predicted molar refractivity (Wildman–Crippen MR) is 53.1 cm³/mol. The first-order chi connectivity index (χ1) is 6.46. The number of methoxy groups -OCH3 is 1. The predicted octanol–water partition coefficient (Wildman–Crippen LogP) is 0.197. The van der Waals surface area contributed by atoms with Gasteiger partial charge in [0.25, 0.3) is 0 Å². The minimum Gasteiger partial charge on any atom is -0.385 e. The van der Waals surface area contributed by atoms with Crippen LogP contribution in [0.15, 0.2) is 0 Å². The highest BCUT2D eigenvalue weighted by molar-refractivity contribution is 7.89. The topological polar surface area (TPSA) is 70.4 Å². The van der Waals surface area contributed by atoms with E-state index in [4.69, 9.17) is 10.00 Å². The zero-order chi connectivity index (χ0) is 11.2. The summed E-state index contributed by atoms with van der Waals surface area (Å²) in [5, 5.41) is 7.52. The van der Waals surface area contributed by atoms with Crippen molar-refractivity contribution in [3.63, 3.8) is 0 Å². The van der Waals surface area contributed by atoms with Gasteiger partial charge in [0.2, 0.25) is 10.0 Å². The molecule has 0 bridgehead atoms. The maximum atomic E-state index is 11.5. The van der Waals surface area contributed by atoms with Gasteiger partial charge in [-0.15, -0.1) is 0 Å². The van der Waals surface area contributed by atoms with Crippen molar-refractivity contribution >= 4 is 10.0 Å². The normalized spacial score (nSPS) is 13.9. The Morgan fingerprint density at radius 2 is 2.14 bits per heavy atom. The SMILES string of the molecule is COCCCN(C)S(=O)(=O)C(C)C#N. The molecule has 0 rings (SSSR count). The van der Waals surface area contributed by atoms with Gasteiger partial charge in [0, 0.05) is 27.3 Å². The lowest BCUT2D eigenvalue weighted by molar-refractivity contribution is 0.189. The molecule has 1 atom stereocenters. The Kier molecular flexibility index (Phi) is 5.69. The average Bonchev–Trinajstić information content (AvgIpc) is 2.16. The van der Waals surface area contributed by atoms with Gasteiger partial charge in [0.15, 0.2) is 5.25 Å². The van der Waals surface area contributed by atoms with Crippen molar-refractivity contribution in [1.82, 2.24) is 4.31 Å². The molecule has 0 aliphatic heterocycles. The summed E-state index contributed by atoms with van der Waals surface area (Å²) in [4.78, 5) is 0. The van der Waals surface area contributed by atoms with Gasteiger partial charge in [0.1, 0.15) is 0 Å². The lowest BCUT2D eigenvalue weighted by atomic mass is 10.5. The van der Waals surface area contributed by atoms with Crippen molar-refractivity contribution in [2.24, 2.45) is 0 Å². The Balaban J connectivity index is 4.24. The Hall–Kier alpha value is -0.640. The van der Waals surface area contributed by atoms with Crippen LogP contribution in [0.2, 0.25) is 0 Å². The number of rotatable bonds is 6. The highest BCUT2D eigenvalue weighted by atomic mass is 32.2. The van der Waals surface area contributed by atoms with E-state index in [2.05, 4.69) is 0 Å². The monoisotopic (exact) mass is 220 g/mol. The van der Waals surface area contributed by atoms with E-state index in [-0.39, 0.29) is 0 Å². The molecule has 0 saturated carbocycles. The third-order valence-corrected chi connectivity index (χ3v) is 3.93. The molecule has 82 valence electrons. The molecule has 6 heteroatoms. The molecule has 0 aliphatic carbocycles. The second-order valence-corrected chi connectivity index (χ2v) is 5.34. The van der Waals surface area contributed by atoms with Crippen LogP contribution in [0.1, 0.15) is 13.3 Å².